The minimum atomic E-state index is -1.45. The van der Waals surface area contributed by atoms with E-state index in [0.717, 1.165) is 5.57 Å². The van der Waals surface area contributed by atoms with Crippen LogP contribution in [-0.4, -0.2) is 63.2 Å². The number of rotatable bonds is 2. The first-order valence-electron chi connectivity index (χ1n) is 8.31. The molecule has 0 unspecified atom stereocenters. The third-order valence-electron chi connectivity index (χ3n) is 4.81. The molecule has 1 saturated heterocycles. The first kappa shape index (κ1) is 20.6. The highest BCUT2D eigenvalue weighted by atomic mass is 16.8. The second-order valence-electron chi connectivity index (χ2n) is 6.43. The van der Waals surface area contributed by atoms with Crippen molar-refractivity contribution >= 4 is 11.9 Å². The average molecular weight is 370 g/mol. The largest absolute Gasteiger partial charge is 0.463 e. The first-order chi connectivity index (χ1) is 12.2. The van der Waals surface area contributed by atoms with E-state index in [2.05, 4.69) is 6.58 Å². The minimum Gasteiger partial charge on any atom is -0.463 e. The average Bonchev–Trinajstić information content (AvgIpc) is 2.63. The van der Waals surface area contributed by atoms with Crippen LogP contribution in [0.25, 0.3) is 0 Å². The fraction of sp³-hybridized carbons (Fsp3) is 0.667. The highest BCUT2D eigenvalue weighted by Crippen LogP contribution is 2.39. The van der Waals surface area contributed by atoms with Crippen molar-refractivity contribution in [2.45, 2.75) is 51.0 Å². The van der Waals surface area contributed by atoms with E-state index < -0.39 is 35.7 Å². The summed E-state index contributed by atoms with van der Waals surface area (Å²) >= 11 is 0. The van der Waals surface area contributed by atoms with Crippen molar-refractivity contribution in [2.75, 3.05) is 27.4 Å². The zero-order chi connectivity index (χ0) is 19.5. The molecule has 2 aliphatic heterocycles. The lowest BCUT2D eigenvalue weighted by Crippen LogP contribution is -2.68. The zero-order valence-electron chi connectivity index (χ0n) is 15.8. The van der Waals surface area contributed by atoms with Gasteiger partial charge in [-0.05, 0) is 31.9 Å². The van der Waals surface area contributed by atoms with E-state index >= 15 is 0 Å². The van der Waals surface area contributed by atoms with Gasteiger partial charge in [0.2, 0.25) is 11.6 Å². The Morgan fingerprint density at radius 3 is 2.04 bits per heavy atom. The summed E-state index contributed by atoms with van der Waals surface area (Å²) in [4.78, 5) is 25.1. The van der Waals surface area contributed by atoms with Gasteiger partial charge in [-0.2, -0.15) is 0 Å². The fourth-order valence-electron chi connectivity index (χ4n) is 2.65. The van der Waals surface area contributed by atoms with E-state index in [0.29, 0.717) is 12.0 Å². The molecule has 0 saturated carbocycles. The van der Waals surface area contributed by atoms with Crippen LogP contribution >= 0.6 is 0 Å². The number of carbonyl (C=O) groups excluding carboxylic acids is 2. The predicted molar refractivity (Wildman–Crippen MR) is 90.0 cm³/mol. The minimum absolute atomic E-state index is 0.0198. The molecule has 0 aromatic heterocycles. The molecule has 1 fully saturated rings. The van der Waals surface area contributed by atoms with E-state index in [9.17, 15) is 9.59 Å². The van der Waals surface area contributed by atoms with E-state index in [1.165, 1.54) is 14.2 Å². The molecule has 26 heavy (non-hydrogen) atoms. The smallest absolute Gasteiger partial charge is 0.339 e. The van der Waals surface area contributed by atoms with Crippen LogP contribution in [0.5, 0.6) is 0 Å². The molecule has 4 atom stereocenters. The molecular weight excluding hydrogens is 344 g/mol. The summed E-state index contributed by atoms with van der Waals surface area (Å²) in [5.41, 5.74) is 1.51. The summed E-state index contributed by atoms with van der Waals surface area (Å²) in [6.07, 6.45) is -0.358. The molecule has 0 aliphatic carbocycles. The summed E-state index contributed by atoms with van der Waals surface area (Å²) in [5.74, 6) is -4.41. The number of esters is 2. The fourth-order valence-corrected chi connectivity index (χ4v) is 2.65. The maximum Gasteiger partial charge on any atom is 0.339 e. The van der Waals surface area contributed by atoms with Crippen molar-refractivity contribution in [3.05, 3.63) is 23.8 Å². The van der Waals surface area contributed by atoms with Gasteiger partial charge in [0.05, 0.1) is 6.61 Å². The molecule has 0 bridgehead atoms. The van der Waals surface area contributed by atoms with Gasteiger partial charge in [0, 0.05) is 20.6 Å². The second-order valence-corrected chi connectivity index (χ2v) is 6.43. The molecule has 0 amide bonds. The van der Waals surface area contributed by atoms with Crippen molar-refractivity contribution in [1.29, 1.82) is 0 Å². The van der Waals surface area contributed by atoms with Crippen molar-refractivity contribution < 1.29 is 38.0 Å². The molecule has 0 radical (unpaired) electrons. The van der Waals surface area contributed by atoms with Crippen LogP contribution in [0, 0.1) is 0 Å². The van der Waals surface area contributed by atoms with Crippen molar-refractivity contribution in [3.8, 4) is 0 Å². The maximum atomic E-state index is 12.6. The second kappa shape index (κ2) is 7.87. The predicted octanol–water partition coefficient (Wildman–Crippen LogP) is 1.49. The number of methoxy groups -OCH3 is 2. The van der Waals surface area contributed by atoms with Gasteiger partial charge in [0.1, 0.15) is 6.61 Å². The molecule has 8 nitrogen and oxygen atoms in total. The Bertz CT molecular complexity index is 612. The van der Waals surface area contributed by atoms with E-state index in [-0.39, 0.29) is 13.2 Å². The number of fused-ring (bicyclic) bond motifs is 1. The molecular formula is C18H26O8. The molecule has 146 valence electrons. The normalized spacial score (nSPS) is 38.8. The van der Waals surface area contributed by atoms with Crippen LogP contribution in [0.1, 0.15) is 27.2 Å². The van der Waals surface area contributed by atoms with Gasteiger partial charge in [-0.25, -0.2) is 9.59 Å². The Hall–Kier alpha value is -1.74. The van der Waals surface area contributed by atoms with Gasteiger partial charge < -0.3 is 28.4 Å². The number of carbonyl (C=O) groups is 2. The van der Waals surface area contributed by atoms with Crippen LogP contribution in [0.4, 0.5) is 0 Å². The van der Waals surface area contributed by atoms with Gasteiger partial charge in [0.15, 0.2) is 12.2 Å². The highest BCUT2D eigenvalue weighted by molar-refractivity contribution is 5.86. The Morgan fingerprint density at radius 1 is 1.04 bits per heavy atom. The summed E-state index contributed by atoms with van der Waals surface area (Å²) in [6, 6.07) is 0. The van der Waals surface area contributed by atoms with Crippen molar-refractivity contribution in [1.82, 2.24) is 0 Å². The number of cyclic esters (lactones) is 2. The number of hydrogen-bond donors (Lipinski definition) is 0. The first-order valence-corrected chi connectivity index (χ1v) is 8.31. The van der Waals surface area contributed by atoms with Crippen LogP contribution in [-0.2, 0) is 38.0 Å². The summed E-state index contributed by atoms with van der Waals surface area (Å²) in [5, 5.41) is 0. The standard InChI is InChI=1S/C18H26O8/c1-11-8-7-9-23-15(19)13-14(16(20)24-10-12(11)2)26-18(4,22-6)17(3,21-5)25-13/h8,13-14H,2,7,9-10H2,1,3-6H3/b11-8-/t13-,14-,17-,18-/m1/s1. The Morgan fingerprint density at radius 2 is 1.54 bits per heavy atom. The van der Waals surface area contributed by atoms with Crippen LogP contribution < -0.4 is 0 Å². The Labute approximate surface area is 153 Å². The lowest BCUT2D eigenvalue weighted by atomic mass is 10.0. The third kappa shape index (κ3) is 3.83. The molecule has 0 N–H and O–H groups in total. The molecule has 2 rings (SSSR count). The van der Waals surface area contributed by atoms with Crippen molar-refractivity contribution in [3.63, 3.8) is 0 Å². The van der Waals surface area contributed by atoms with Crippen LogP contribution in [0.2, 0.25) is 0 Å². The van der Waals surface area contributed by atoms with Gasteiger partial charge in [-0.15, -0.1) is 0 Å². The topological polar surface area (TPSA) is 89.5 Å². The quantitative estimate of drug-likeness (QED) is 0.676. The summed E-state index contributed by atoms with van der Waals surface area (Å²) in [7, 11) is 2.77. The molecule has 0 spiro atoms. The third-order valence-corrected chi connectivity index (χ3v) is 4.81. The zero-order valence-corrected chi connectivity index (χ0v) is 15.8. The van der Waals surface area contributed by atoms with Gasteiger partial charge in [0.25, 0.3) is 0 Å². The highest BCUT2D eigenvalue weighted by Gasteiger charge is 2.60. The van der Waals surface area contributed by atoms with E-state index in [1.807, 2.05) is 13.0 Å². The van der Waals surface area contributed by atoms with Gasteiger partial charge in [-0.1, -0.05) is 12.7 Å². The number of hydrogen-bond acceptors (Lipinski definition) is 8. The van der Waals surface area contributed by atoms with Crippen LogP contribution in [0.15, 0.2) is 23.8 Å². The molecule has 2 aliphatic rings. The molecule has 0 aromatic carbocycles. The number of ether oxygens (including phenoxy) is 6. The molecule has 2 heterocycles. The van der Waals surface area contributed by atoms with Crippen LogP contribution in [0.3, 0.4) is 0 Å². The van der Waals surface area contributed by atoms with Crippen molar-refractivity contribution in [2.24, 2.45) is 0 Å². The SMILES string of the molecule is C=C1COC(=O)[C@@H]2O[C@@](C)(OC)[C@](C)(OC)O[C@H]2C(=O)OCC/C=C\1C. The van der Waals surface area contributed by atoms with Gasteiger partial charge in [-0.3, -0.25) is 0 Å². The van der Waals surface area contributed by atoms with E-state index in [1.54, 1.807) is 13.8 Å². The molecule has 8 heteroatoms. The maximum absolute atomic E-state index is 12.6. The summed E-state index contributed by atoms with van der Waals surface area (Å²) in [6.45, 7) is 8.95. The summed E-state index contributed by atoms with van der Waals surface area (Å²) < 4.78 is 32.8. The Balaban J connectivity index is 2.35. The van der Waals surface area contributed by atoms with Gasteiger partial charge >= 0.3 is 11.9 Å². The Kier molecular flexibility index (Phi) is 6.23. The van der Waals surface area contributed by atoms with E-state index in [4.69, 9.17) is 28.4 Å². The lowest BCUT2D eigenvalue weighted by molar-refractivity contribution is -0.439. The molecule has 0 aromatic rings. The lowest BCUT2D eigenvalue weighted by Gasteiger charge is -2.50. The monoisotopic (exact) mass is 370 g/mol.